The van der Waals surface area contributed by atoms with Crippen LogP contribution in [0.2, 0.25) is 0 Å². The van der Waals surface area contributed by atoms with Crippen molar-refractivity contribution in [2.45, 2.75) is 21.4 Å². The number of sulfonamides is 1. The van der Waals surface area contributed by atoms with Crippen LogP contribution in [0.5, 0.6) is 0 Å². The Bertz CT molecular complexity index is 1300. The normalized spacial score (nSPS) is 11.5. The number of aromatic nitrogens is 1. The zero-order chi connectivity index (χ0) is 22.6. The number of carbonyl (C=O) groups excluding carboxylic acids is 1. The fourth-order valence-electron chi connectivity index (χ4n) is 3.08. The van der Waals surface area contributed by atoms with Crippen molar-refractivity contribution in [3.05, 3.63) is 89.5 Å². The maximum atomic E-state index is 12.4. The lowest BCUT2D eigenvalue weighted by molar-refractivity contribution is 0.0954. The van der Waals surface area contributed by atoms with E-state index in [0.29, 0.717) is 18.5 Å². The van der Waals surface area contributed by atoms with Gasteiger partial charge in [0.15, 0.2) is 4.34 Å². The minimum absolute atomic E-state index is 0.0756. The SMILES string of the molecule is NS(=O)(=O)c1ccc(CCNC(=O)c2ccc(CSc3nc4ccccc4s3)cc2)cc1. The molecule has 0 aliphatic heterocycles. The first-order valence-electron chi connectivity index (χ1n) is 9.86. The van der Waals surface area contributed by atoms with E-state index in [1.54, 1.807) is 35.2 Å². The Labute approximate surface area is 194 Å². The van der Waals surface area contributed by atoms with Crippen molar-refractivity contribution >= 4 is 49.2 Å². The molecule has 0 bridgehead atoms. The van der Waals surface area contributed by atoms with Crippen LogP contribution in [0.3, 0.4) is 0 Å². The Morgan fingerprint density at radius 3 is 2.34 bits per heavy atom. The summed E-state index contributed by atoms with van der Waals surface area (Å²) in [5, 5.41) is 7.99. The molecule has 1 amide bonds. The van der Waals surface area contributed by atoms with Crippen LogP contribution in [-0.4, -0.2) is 25.9 Å². The molecule has 3 N–H and O–H groups in total. The van der Waals surface area contributed by atoms with Crippen molar-refractivity contribution in [3.8, 4) is 0 Å². The summed E-state index contributed by atoms with van der Waals surface area (Å²) in [4.78, 5) is 17.1. The number of carbonyl (C=O) groups is 1. The minimum Gasteiger partial charge on any atom is -0.352 e. The quantitative estimate of drug-likeness (QED) is 0.366. The van der Waals surface area contributed by atoms with Crippen LogP contribution < -0.4 is 10.5 Å². The van der Waals surface area contributed by atoms with E-state index >= 15 is 0 Å². The predicted octanol–water partition coefficient (Wildman–Crippen LogP) is 4.21. The molecule has 1 heterocycles. The van der Waals surface area contributed by atoms with Gasteiger partial charge in [0.1, 0.15) is 0 Å². The molecule has 0 fully saturated rings. The first-order valence-corrected chi connectivity index (χ1v) is 13.2. The van der Waals surface area contributed by atoms with Gasteiger partial charge in [-0.1, -0.05) is 48.2 Å². The van der Waals surface area contributed by atoms with Gasteiger partial charge in [0, 0.05) is 17.9 Å². The van der Waals surface area contributed by atoms with Gasteiger partial charge in [0.2, 0.25) is 10.0 Å². The molecule has 4 rings (SSSR count). The lowest BCUT2D eigenvalue weighted by Crippen LogP contribution is -2.25. The van der Waals surface area contributed by atoms with Crippen molar-refractivity contribution in [1.29, 1.82) is 0 Å². The van der Waals surface area contributed by atoms with Crippen molar-refractivity contribution in [1.82, 2.24) is 10.3 Å². The second kappa shape index (κ2) is 9.83. The third-order valence-electron chi connectivity index (χ3n) is 4.80. The molecular formula is C23H21N3O3S3. The maximum absolute atomic E-state index is 12.4. The summed E-state index contributed by atoms with van der Waals surface area (Å²) in [6.45, 7) is 0.447. The molecule has 0 saturated heterocycles. The molecule has 0 radical (unpaired) electrons. The molecular weight excluding hydrogens is 462 g/mol. The standard InChI is InChI=1S/C23H21N3O3S3/c24-32(28,29)19-11-7-16(8-12-19)13-14-25-22(27)18-9-5-17(6-10-18)15-30-23-26-20-3-1-2-4-21(20)31-23/h1-12H,13-15H2,(H,25,27)(H2,24,28,29). The van der Waals surface area contributed by atoms with Crippen LogP contribution in [0, 0.1) is 0 Å². The molecule has 0 spiro atoms. The molecule has 0 aliphatic rings. The number of hydrogen-bond donors (Lipinski definition) is 2. The lowest BCUT2D eigenvalue weighted by atomic mass is 10.1. The van der Waals surface area contributed by atoms with Crippen LogP contribution in [0.25, 0.3) is 10.2 Å². The van der Waals surface area contributed by atoms with E-state index in [1.165, 1.54) is 16.8 Å². The number of para-hydroxylation sites is 1. The lowest BCUT2D eigenvalue weighted by Gasteiger charge is -2.07. The summed E-state index contributed by atoms with van der Waals surface area (Å²) in [5.41, 5.74) is 3.66. The zero-order valence-electron chi connectivity index (χ0n) is 17.0. The van der Waals surface area contributed by atoms with Gasteiger partial charge in [-0.25, -0.2) is 18.5 Å². The molecule has 4 aromatic rings. The van der Waals surface area contributed by atoms with Gasteiger partial charge in [0.25, 0.3) is 5.91 Å². The van der Waals surface area contributed by atoms with Gasteiger partial charge in [0.05, 0.1) is 15.1 Å². The number of nitrogens with two attached hydrogens (primary N) is 1. The molecule has 1 aromatic heterocycles. The number of fused-ring (bicyclic) bond motifs is 1. The van der Waals surface area contributed by atoms with Gasteiger partial charge in [-0.05, 0) is 53.9 Å². The summed E-state index contributed by atoms with van der Waals surface area (Å²) in [7, 11) is -3.69. The minimum atomic E-state index is -3.69. The number of nitrogens with zero attached hydrogens (tertiary/aromatic N) is 1. The van der Waals surface area contributed by atoms with Crippen molar-refractivity contribution in [2.75, 3.05) is 6.54 Å². The van der Waals surface area contributed by atoms with Gasteiger partial charge in [-0.3, -0.25) is 4.79 Å². The molecule has 0 aliphatic carbocycles. The van der Waals surface area contributed by atoms with Crippen LogP contribution >= 0.6 is 23.1 Å². The van der Waals surface area contributed by atoms with Gasteiger partial charge < -0.3 is 5.32 Å². The highest BCUT2D eigenvalue weighted by Gasteiger charge is 2.09. The summed E-state index contributed by atoms with van der Waals surface area (Å²) in [6.07, 6.45) is 0.591. The second-order valence-corrected chi connectivity index (χ2v) is 10.9. The molecule has 164 valence electrons. The van der Waals surface area contributed by atoms with E-state index in [9.17, 15) is 13.2 Å². The van der Waals surface area contributed by atoms with Gasteiger partial charge in [-0.2, -0.15) is 0 Å². The van der Waals surface area contributed by atoms with Crippen molar-refractivity contribution in [3.63, 3.8) is 0 Å². The summed E-state index contributed by atoms with van der Waals surface area (Å²) < 4.78 is 24.8. The van der Waals surface area contributed by atoms with Crippen LogP contribution in [0.1, 0.15) is 21.5 Å². The fourth-order valence-corrected chi connectivity index (χ4v) is 5.62. The molecule has 9 heteroatoms. The van der Waals surface area contributed by atoms with E-state index in [-0.39, 0.29) is 10.8 Å². The van der Waals surface area contributed by atoms with E-state index in [4.69, 9.17) is 5.14 Å². The first kappa shape index (κ1) is 22.5. The third kappa shape index (κ3) is 5.74. The van der Waals surface area contributed by atoms with Gasteiger partial charge >= 0.3 is 0 Å². The van der Waals surface area contributed by atoms with E-state index in [1.807, 2.05) is 42.5 Å². The highest BCUT2D eigenvalue weighted by Crippen LogP contribution is 2.31. The molecule has 3 aromatic carbocycles. The molecule has 0 atom stereocenters. The summed E-state index contributed by atoms with van der Waals surface area (Å²) in [5.74, 6) is 0.646. The number of benzene rings is 3. The van der Waals surface area contributed by atoms with Crippen LogP contribution in [0.15, 0.2) is 82.0 Å². The fraction of sp³-hybridized carbons (Fsp3) is 0.130. The Morgan fingerprint density at radius 1 is 0.969 bits per heavy atom. The number of primary sulfonamides is 1. The largest absolute Gasteiger partial charge is 0.352 e. The summed E-state index contributed by atoms with van der Waals surface area (Å²) in [6, 6.07) is 22.0. The van der Waals surface area contributed by atoms with Crippen molar-refractivity contribution < 1.29 is 13.2 Å². The highest BCUT2D eigenvalue weighted by atomic mass is 32.2. The average Bonchev–Trinajstić information content (AvgIpc) is 3.21. The molecule has 0 saturated carbocycles. The maximum Gasteiger partial charge on any atom is 0.251 e. The second-order valence-electron chi connectivity index (χ2n) is 7.13. The summed E-state index contributed by atoms with van der Waals surface area (Å²) >= 11 is 3.37. The van der Waals surface area contributed by atoms with Crippen LogP contribution in [-0.2, 0) is 22.2 Å². The van der Waals surface area contributed by atoms with E-state index in [0.717, 1.165) is 26.7 Å². The number of amides is 1. The number of nitrogens with one attached hydrogen (secondary N) is 1. The highest BCUT2D eigenvalue weighted by molar-refractivity contribution is 8.00. The molecule has 6 nitrogen and oxygen atoms in total. The van der Waals surface area contributed by atoms with Crippen LogP contribution in [0.4, 0.5) is 0 Å². The predicted molar refractivity (Wildman–Crippen MR) is 129 cm³/mol. The first-order chi connectivity index (χ1) is 15.4. The Hall–Kier alpha value is -2.72. The number of rotatable bonds is 8. The van der Waals surface area contributed by atoms with Gasteiger partial charge in [-0.15, -0.1) is 11.3 Å². The topological polar surface area (TPSA) is 102 Å². The zero-order valence-corrected chi connectivity index (χ0v) is 19.5. The molecule has 32 heavy (non-hydrogen) atoms. The Kier molecular flexibility index (Phi) is 6.90. The number of hydrogen-bond acceptors (Lipinski definition) is 6. The Balaban J connectivity index is 1.26. The van der Waals surface area contributed by atoms with E-state index in [2.05, 4.69) is 16.4 Å². The van der Waals surface area contributed by atoms with E-state index < -0.39 is 10.0 Å². The third-order valence-corrected chi connectivity index (χ3v) is 7.98. The van der Waals surface area contributed by atoms with Crippen molar-refractivity contribution in [2.24, 2.45) is 5.14 Å². The molecule has 0 unspecified atom stereocenters. The Morgan fingerprint density at radius 2 is 1.66 bits per heavy atom. The smallest absolute Gasteiger partial charge is 0.251 e. The average molecular weight is 484 g/mol. The monoisotopic (exact) mass is 483 g/mol. The number of thioether (sulfide) groups is 1. The number of thiazole rings is 1.